The summed E-state index contributed by atoms with van der Waals surface area (Å²) in [6, 6.07) is 2.18. The Morgan fingerprint density at radius 1 is 1.61 bits per heavy atom. The number of benzene rings is 1. The monoisotopic (exact) mass is 256 g/mol. The Morgan fingerprint density at radius 2 is 2.28 bits per heavy atom. The topological polar surface area (TPSA) is 95.5 Å². The summed E-state index contributed by atoms with van der Waals surface area (Å²) in [6.45, 7) is 1.33. The van der Waals surface area contributed by atoms with Crippen LogP contribution < -0.4 is 5.73 Å². The minimum Gasteiger partial charge on any atom is -0.459 e. The van der Waals surface area contributed by atoms with Gasteiger partial charge < -0.3 is 10.5 Å². The number of carbonyl (C=O) groups is 1. The molecule has 6 nitrogen and oxygen atoms in total. The van der Waals surface area contributed by atoms with Crippen molar-refractivity contribution in [2.24, 2.45) is 5.73 Å². The average Bonchev–Trinajstić information content (AvgIpc) is 2.34. The number of hydrogen-bond acceptors (Lipinski definition) is 5. The van der Waals surface area contributed by atoms with E-state index >= 15 is 0 Å². The Morgan fingerprint density at radius 3 is 2.83 bits per heavy atom. The highest BCUT2D eigenvalue weighted by Gasteiger charge is 2.18. The second kappa shape index (κ2) is 6.06. The van der Waals surface area contributed by atoms with Gasteiger partial charge in [0.2, 0.25) is 0 Å². The van der Waals surface area contributed by atoms with Crippen molar-refractivity contribution in [2.75, 3.05) is 0 Å². The highest BCUT2D eigenvalue weighted by atomic mass is 19.1. The number of nitrogens with zero attached hydrogens (tertiary/aromatic N) is 1. The standard InChI is InChI=1S/C11H13FN2O4/c1-2-9(13)11(15)18-6-7-5-8(12)3-4-10(7)14(16)17/h3-5,9H,2,6,13H2,1H3. The molecule has 0 aromatic heterocycles. The summed E-state index contributed by atoms with van der Waals surface area (Å²) in [5, 5.41) is 10.7. The zero-order valence-electron chi connectivity index (χ0n) is 9.76. The van der Waals surface area contributed by atoms with Gasteiger partial charge in [-0.05, 0) is 18.6 Å². The normalized spacial score (nSPS) is 11.9. The van der Waals surface area contributed by atoms with E-state index in [2.05, 4.69) is 0 Å². The lowest BCUT2D eigenvalue weighted by molar-refractivity contribution is -0.385. The van der Waals surface area contributed by atoms with Crippen LogP contribution >= 0.6 is 0 Å². The molecule has 0 heterocycles. The van der Waals surface area contributed by atoms with E-state index < -0.39 is 22.8 Å². The Hall–Kier alpha value is -2.02. The van der Waals surface area contributed by atoms with Crippen LogP contribution in [0.2, 0.25) is 0 Å². The summed E-state index contributed by atoms with van der Waals surface area (Å²) < 4.78 is 17.8. The first-order chi connectivity index (χ1) is 8.45. The molecule has 0 fully saturated rings. The number of nitro benzene ring substituents is 1. The second-order valence-electron chi connectivity index (χ2n) is 3.65. The van der Waals surface area contributed by atoms with Crippen LogP contribution in [0.5, 0.6) is 0 Å². The molecule has 0 spiro atoms. The van der Waals surface area contributed by atoms with Crippen LogP contribution in [-0.4, -0.2) is 16.9 Å². The van der Waals surface area contributed by atoms with Crippen LogP contribution in [0.25, 0.3) is 0 Å². The lowest BCUT2D eigenvalue weighted by Crippen LogP contribution is -2.31. The molecular weight excluding hydrogens is 243 g/mol. The van der Waals surface area contributed by atoms with Crippen molar-refractivity contribution in [1.82, 2.24) is 0 Å². The number of carbonyl (C=O) groups excluding carboxylic acids is 1. The summed E-state index contributed by atoms with van der Waals surface area (Å²) in [5.74, 6) is -1.30. The number of ether oxygens (including phenoxy) is 1. The lowest BCUT2D eigenvalue weighted by atomic mass is 10.2. The molecule has 0 amide bonds. The zero-order chi connectivity index (χ0) is 13.7. The smallest absolute Gasteiger partial charge is 0.323 e. The molecule has 0 aliphatic rings. The number of rotatable bonds is 5. The van der Waals surface area contributed by atoms with E-state index in [0.717, 1.165) is 18.2 Å². The molecule has 18 heavy (non-hydrogen) atoms. The van der Waals surface area contributed by atoms with E-state index in [-0.39, 0.29) is 17.9 Å². The van der Waals surface area contributed by atoms with Gasteiger partial charge in [0.15, 0.2) is 0 Å². The maximum atomic E-state index is 13.0. The van der Waals surface area contributed by atoms with Crippen LogP contribution in [0.4, 0.5) is 10.1 Å². The number of nitrogens with two attached hydrogens (primary N) is 1. The summed E-state index contributed by atoms with van der Waals surface area (Å²) >= 11 is 0. The molecule has 98 valence electrons. The molecule has 0 aliphatic heterocycles. The SMILES string of the molecule is CCC(N)C(=O)OCc1cc(F)ccc1[N+](=O)[O-]. The molecule has 1 rings (SSSR count). The molecule has 7 heteroatoms. The fourth-order valence-electron chi connectivity index (χ4n) is 1.27. The van der Waals surface area contributed by atoms with Gasteiger partial charge in [-0.25, -0.2) is 4.39 Å². The molecule has 0 aliphatic carbocycles. The quantitative estimate of drug-likeness (QED) is 0.489. The van der Waals surface area contributed by atoms with E-state index in [9.17, 15) is 19.3 Å². The third-order valence-corrected chi connectivity index (χ3v) is 2.35. The Kier molecular flexibility index (Phi) is 4.73. The van der Waals surface area contributed by atoms with Crippen LogP contribution in [-0.2, 0) is 16.1 Å². The summed E-state index contributed by atoms with van der Waals surface area (Å²) in [4.78, 5) is 21.3. The molecule has 1 atom stereocenters. The van der Waals surface area contributed by atoms with E-state index in [1.165, 1.54) is 0 Å². The van der Waals surface area contributed by atoms with Crippen molar-refractivity contribution in [3.63, 3.8) is 0 Å². The third-order valence-electron chi connectivity index (χ3n) is 2.35. The molecule has 1 aromatic carbocycles. The number of esters is 1. The number of nitro groups is 1. The Bertz CT molecular complexity index is 464. The second-order valence-corrected chi connectivity index (χ2v) is 3.65. The summed E-state index contributed by atoms with van der Waals surface area (Å²) in [7, 11) is 0. The predicted molar refractivity (Wildman–Crippen MR) is 61.1 cm³/mol. The van der Waals surface area contributed by atoms with Gasteiger partial charge >= 0.3 is 5.97 Å². The summed E-state index contributed by atoms with van der Waals surface area (Å²) in [5.41, 5.74) is 5.13. The molecule has 2 N–H and O–H groups in total. The maximum Gasteiger partial charge on any atom is 0.323 e. The highest BCUT2D eigenvalue weighted by molar-refractivity contribution is 5.75. The Balaban J connectivity index is 2.81. The predicted octanol–water partition coefficient (Wildman–Crippen LogP) is 1.51. The molecule has 1 unspecified atom stereocenters. The molecule has 1 aromatic rings. The first-order valence-electron chi connectivity index (χ1n) is 5.30. The van der Waals surface area contributed by atoms with E-state index in [4.69, 9.17) is 10.5 Å². The summed E-state index contributed by atoms with van der Waals surface area (Å²) in [6.07, 6.45) is 0.393. The number of hydrogen-bond donors (Lipinski definition) is 1. The maximum absolute atomic E-state index is 13.0. The van der Waals surface area contributed by atoms with Gasteiger partial charge in [0.05, 0.1) is 10.5 Å². The molecule has 0 bridgehead atoms. The van der Waals surface area contributed by atoms with Gasteiger partial charge in [-0.3, -0.25) is 14.9 Å². The van der Waals surface area contributed by atoms with Crippen molar-refractivity contribution >= 4 is 11.7 Å². The van der Waals surface area contributed by atoms with E-state index in [0.29, 0.717) is 6.42 Å². The zero-order valence-corrected chi connectivity index (χ0v) is 9.76. The molecule has 0 saturated heterocycles. The van der Waals surface area contributed by atoms with Crippen LogP contribution in [0.1, 0.15) is 18.9 Å². The minimum absolute atomic E-state index is 0.00310. The molecule has 0 saturated carbocycles. The van der Waals surface area contributed by atoms with Crippen molar-refractivity contribution < 1.29 is 18.8 Å². The van der Waals surface area contributed by atoms with Crippen molar-refractivity contribution in [1.29, 1.82) is 0 Å². The van der Waals surface area contributed by atoms with Gasteiger partial charge in [0, 0.05) is 6.07 Å². The van der Waals surface area contributed by atoms with Crippen molar-refractivity contribution in [3.8, 4) is 0 Å². The van der Waals surface area contributed by atoms with Crippen molar-refractivity contribution in [2.45, 2.75) is 26.0 Å². The average molecular weight is 256 g/mol. The van der Waals surface area contributed by atoms with Gasteiger partial charge in [0.1, 0.15) is 18.5 Å². The number of halogens is 1. The first-order valence-corrected chi connectivity index (χ1v) is 5.30. The Labute approximate surface area is 103 Å². The van der Waals surface area contributed by atoms with Gasteiger partial charge in [0.25, 0.3) is 5.69 Å². The third kappa shape index (κ3) is 3.49. The van der Waals surface area contributed by atoms with Crippen molar-refractivity contribution in [3.05, 3.63) is 39.7 Å². The minimum atomic E-state index is -0.780. The van der Waals surface area contributed by atoms with Gasteiger partial charge in [-0.2, -0.15) is 0 Å². The largest absolute Gasteiger partial charge is 0.459 e. The molecular formula is C11H13FN2O4. The highest BCUT2D eigenvalue weighted by Crippen LogP contribution is 2.20. The van der Waals surface area contributed by atoms with E-state index in [1.54, 1.807) is 6.92 Å². The van der Waals surface area contributed by atoms with Crippen LogP contribution in [0, 0.1) is 15.9 Å². The molecule has 0 radical (unpaired) electrons. The van der Waals surface area contributed by atoms with Crippen LogP contribution in [0.3, 0.4) is 0 Å². The van der Waals surface area contributed by atoms with E-state index in [1.807, 2.05) is 0 Å². The fourth-order valence-corrected chi connectivity index (χ4v) is 1.27. The van der Waals surface area contributed by atoms with Gasteiger partial charge in [-0.1, -0.05) is 6.92 Å². The lowest BCUT2D eigenvalue weighted by Gasteiger charge is -2.09. The van der Waals surface area contributed by atoms with Gasteiger partial charge in [-0.15, -0.1) is 0 Å². The fraction of sp³-hybridized carbons (Fsp3) is 0.364. The first kappa shape index (κ1) is 14.0. The van der Waals surface area contributed by atoms with Crippen LogP contribution in [0.15, 0.2) is 18.2 Å².